The van der Waals surface area contributed by atoms with Crippen LogP contribution in [0.15, 0.2) is 185 Å². The van der Waals surface area contributed by atoms with Gasteiger partial charge in [-0.15, -0.1) is 0 Å². The predicted molar refractivity (Wildman–Crippen MR) is 213 cm³/mol. The zero-order chi connectivity index (χ0) is 34.2. The molecule has 3 aromatic heterocycles. The molecule has 5 nitrogen and oxygen atoms in total. The Morgan fingerprint density at radius 1 is 0.462 bits per heavy atom. The zero-order valence-electron chi connectivity index (χ0n) is 27.9. The first-order valence-electron chi connectivity index (χ1n) is 17.5. The minimum absolute atomic E-state index is 0.584. The molecule has 0 unspecified atom stereocenters. The van der Waals surface area contributed by atoms with E-state index in [0.717, 1.165) is 77.6 Å². The molecule has 0 saturated carbocycles. The van der Waals surface area contributed by atoms with Gasteiger partial charge in [-0.05, 0) is 72.1 Å². The smallest absolute Gasteiger partial charge is 0.227 e. The summed E-state index contributed by atoms with van der Waals surface area (Å²) < 4.78 is 15.6. The highest BCUT2D eigenvalue weighted by molar-refractivity contribution is 6.14. The number of furan rings is 1. The van der Waals surface area contributed by atoms with Crippen molar-refractivity contribution in [2.24, 2.45) is 0 Å². The second-order valence-corrected chi connectivity index (χ2v) is 13.2. The number of hydrogen-bond acceptors (Lipinski definition) is 4. The molecular formula is C47H29N3O2. The Labute approximate surface area is 298 Å². The van der Waals surface area contributed by atoms with Crippen molar-refractivity contribution in [3.8, 4) is 17.1 Å². The molecule has 0 radical (unpaired) electrons. The molecule has 5 heteroatoms. The Morgan fingerprint density at radius 3 is 1.94 bits per heavy atom. The molecule has 0 atom stereocenters. The normalized spacial score (nSPS) is 11.8. The minimum atomic E-state index is 0.584. The lowest BCUT2D eigenvalue weighted by Crippen LogP contribution is -2.10. The molecule has 11 rings (SSSR count). The minimum Gasteiger partial charge on any atom is -0.456 e. The van der Waals surface area contributed by atoms with Gasteiger partial charge in [0.1, 0.15) is 16.7 Å². The summed E-state index contributed by atoms with van der Waals surface area (Å²) in [4.78, 5) is 7.42. The topological polar surface area (TPSA) is 47.3 Å². The van der Waals surface area contributed by atoms with Crippen LogP contribution in [0.1, 0.15) is 0 Å². The van der Waals surface area contributed by atoms with Gasteiger partial charge in [-0.2, -0.15) is 0 Å². The molecule has 0 amide bonds. The number of benzene rings is 8. The van der Waals surface area contributed by atoms with Crippen LogP contribution in [0.2, 0.25) is 0 Å². The first kappa shape index (κ1) is 28.7. The van der Waals surface area contributed by atoms with E-state index in [1.165, 1.54) is 10.8 Å². The van der Waals surface area contributed by atoms with Crippen molar-refractivity contribution in [2.75, 3.05) is 4.90 Å². The average molecular weight is 668 g/mol. The number of para-hydroxylation sites is 3. The number of aromatic nitrogens is 2. The predicted octanol–water partition coefficient (Wildman–Crippen LogP) is 13.1. The molecule has 244 valence electrons. The summed E-state index contributed by atoms with van der Waals surface area (Å²) in [5.41, 5.74) is 10.3. The lowest BCUT2D eigenvalue weighted by atomic mass is 10.1. The molecule has 0 saturated heterocycles. The Balaban J connectivity index is 1.23. The van der Waals surface area contributed by atoms with Crippen LogP contribution in [0.5, 0.6) is 0 Å². The van der Waals surface area contributed by atoms with Crippen LogP contribution in [0, 0.1) is 0 Å². The fraction of sp³-hybridized carbons (Fsp3) is 0. The highest BCUT2D eigenvalue weighted by atomic mass is 16.3. The summed E-state index contributed by atoms with van der Waals surface area (Å²) in [5.74, 6) is 0.584. The summed E-state index contributed by atoms with van der Waals surface area (Å²) in [6, 6.07) is 61.4. The average Bonchev–Trinajstić information content (AvgIpc) is 3.91. The fourth-order valence-electron chi connectivity index (χ4n) is 7.83. The van der Waals surface area contributed by atoms with Crippen molar-refractivity contribution >= 4 is 82.7 Å². The van der Waals surface area contributed by atoms with E-state index < -0.39 is 0 Å². The molecule has 0 N–H and O–H groups in total. The number of rotatable bonds is 5. The molecule has 0 aliphatic rings. The van der Waals surface area contributed by atoms with E-state index in [0.29, 0.717) is 11.5 Å². The first-order valence-corrected chi connectivity index (χ1v) is 17.5. The van der Waals surface area contributed by atoms with E-state index in [1.807, 2.05) is 42.5 Å². The van der Waals surface area contributed by atoms with Crippen molar-refractivity contribution in [3.63, 3.8) is 0 Å². The molecule has 0 aliphatic carbocycles. The van der Waals surface area contributed by atoms with Gasteiger partial charge in [-0.25, -0.2) is 4.98 Å². The third kappa shape index (κ3) is 4.33. The Hall–Kier alpha value is -7.11. The molecule has 0 bridgehead atoms. The van der Waals surface area contributed by atoms with Gasteiger partial charge < -0.3 is 18.3 Å². The maximum Gasteiger partial charge on any atom is 0.227 e. The molecule has 11 aromatic rings. The Morgan fingerprint density at radius 2 is 1.10 bits per heavy atom. The SMILES string of the molecule is c1ccc(-c2nc3c(o2)c(N(c2ccc4c(c2)oc2ccccc24)c2ccc4c5ccccc5n(-c5ccccc5)c4c2)cc2ccccc23)cc1. The van der Waals surface area contributed by atoms with Crippen LogP contribution in [-0.4, -0.2) is 9.55 Å². The van der Waals surface area contributed by atoms with Crippen molar-refractivity contribution in [1.82, 2.24) is 9.55 Å². The van der Waals surface area contributed by atoms with E-state index in [9.17, 15) is 0 Å². The van der Waals surface area contributed by atoms with E-state index in [4.69, 9.17) is 13.8 Å². The molecule has 0 spiro atoms. The maximum absolute atomic E-state index is 6.80. The third-order valence-corrected chi connectivity index (χ3v) is 10.2. The highest BCUT2D eigenvalue weighted by Crippen LogP contribution is 2.46. The second-order valence-electron chi connectivity index (χ2n) is 13.2. The van der Waals surface area contributed by atoms with Gasteiger partial charge in [0.15, 0.2) is 5.58 Å². The molecule has 0 fully saturated rings. The lowest BCUT2D eigenvalue weighted by Gasteiger charge is -2.26. The monoisotopic (exact) mass is 667 g/mol. The van der Waals surface area contributed by atoms with Crippen LogP contribution >= 0.6 is 0 Å². The summed E-state index contributed by atoms with van der Waals surface area (Å²) in [5, 5.41) is 6.69. The number of nitrogens with zero attached hydrogens (tertiary/aromatic N) is 3. The number of oxazole rings is 1. The summed E-state index contributed by atoms with van der Waals surface area (Å²) in [6.45, 7) is 0. The van der Waals surface area contributed by atoms with E-state index in [1.54, 1.807) is 0 Å². The third-order valence-electron chi connectivity index (χ3n) is 10.2. The van der Waals surface area contributed by atoms with E-state index in [-0.39, 0.29) is 0 Å². The summed E-state index contributed by atoms with van der Waals surface area (Å²) in [6.07, 6.45) is 0. The molecule has 8 aromatic carbocycles. The number of fused-ring (bicyclic) bond motifs is 9. The van der Waals surface area contributed by atoms with Crippen LogP contribution in [0.25, 0.3) is 82.8 Å². The van der Waals surface area contributed by atoms with Crippen molar-refractivity contribution < 1.29 is 8.83 Å². The van der Waals surface area contributed by atoms with Gasteiger partial charge in [-0.3, -0.25) is 0 Å². The quantitative estimate of drug-likeness (QED) is 0.183. The second kappa shape index (κ2) is 11.2. The van der Waals surface area contributed by atoms with Gasteiger partial charge in [0.25, 0.3) is 0 Å². The van der Waals surface area contributed by atoms with Gasteiger partial charge in [0.2, 0.25) is 5.89 Å². The Kier molecular flexibility index (Phi) is 6.18. The van der Waals surface area contributed by atoms with E-state index >= 15 is 0 Å². The van der Waals surface area contributed by atoms with Crippen molar-refractivity contribution in [2.45, 2.75) is 0 Å². The van der Waals surface area contributed by atoms with Crippen LogP contribution < -0.4 is 4.90 Å². The van der Waals surface area contributed by atoms with Crippen molar-refractivity contribution in [3.05, 3.63) is 176 Å². The van der Waals surface area contributed by atoms with Gasteiger partial charge in [0.05, 0.1) is 22.4 Å². The molecule has 52 heavy (non-hydrogen) atoms. The highest BCUT2D eigenvalue weighted by Gasteiger charge is 2.24. The Bertz CT molecular complexity index is 3140. The molecule has 3 heterocycles. The van der Waals surface area contributed by atoms with E-state index in [2.05, 4.69) is 143 Å². The number of hydrogen-bond donors (Lipinski definition) is 0. The first-order chi connectivity index (χ1) is 25.8. The van der Waals surface area contributed by atoms with Crippen LogP contribution in [0.4, 0.5) is 17.1 Å². The summed E-state index contributed by atoms with van der Waals surface area (Å²) in [7, 11) is 0. The summed E-state index contributed by atoms with van der Waals surface area (Å²) >= 11 is 0. The van der Waals surface area contributed by atoms with Gasteiger partial charge >= 0.3 is 0 Å². The largest absolute Gasteiger partial charge is 0.456 e. The standard InChI is InChI=1S/C47H29N3O2/c1-3-13-30(14-4-1)47-48-45-35-18-8-7-15-31(35)27-42(46(45)52-47)49(34-24-26-39-38-20-10-12-22-43(38)51-44(39)29-34)33-23-25-37-36-19-9-11-21-40(36)50(41(37)28-33)32-16-5-2-6-17-32/h1-29H. The van der Waals surface area contributed by atoms with Crippen molar-refractivity contribution in [1.29, 1.82) is 0 Å². The lowest BCUT2D eigenvalue weighted by molar-refractivity contribution is 0.620. The number of anilines is 3. The van der Waals surface area contributed by atoms with Crippen LogP contribution in [-0.2, 0) is 0 Å². The molecule has 0 aliphatic heterocycles. The zero-order valence-corrected chi connectivity index (χ0v) is 27.9. The van der Waals surface area contributed by atoms with Gasteiger partial charge in [-0.1, -0.05) is 103 Å². The van der Waals surface area contributed by atoms with Crippen LogP contribution in [0.3, 0.4) is 0 Å². The maximum atomic E-state index is 6.80. The van der Waals surface area contributed by atoms with Gasteiger partial charge in [0, 0.05) is 49.9 Å². The molecular weight excluding hydrogens is 639 g/mol. The fourth-order valence-corrected chi connectivity index (χ4v) is 7.83.